The summed E-state index contributed by atoms with van der Waals surface area (Å²) in [5.74, 6) is 1.68. The summed E-state index contributed by atoms with van der Waals surface area (Å²) in [5, 5.41) is 3.57. The molecule has 0 radical (unpaired) electrons. The summed E-state index contributed by atoms with van der Waals surface area (Å²) in [5.41, 5.74) is 9.17. The van der Waals surface area contributed by atoms with Crippen LogP contribution in [-0.4, -0.2) is 6.54 Å². The zero-order chi connectivity index (χ0) is 12.3. The van der Waals surface area contributed by atoms with Gasteiger partial charge in [-0.3, -0.25) is 0 Å². The number of anilines is 2. The molecular weight excluding hydrogens is 208 g/mol. The second kappa shape index (κ2) is 5.44. The predicted molar refractivity (Wildman–Crippen MR) is 75.2 cm³/mol. The number of nitrogens with two attached hydrogens (primary N) is 1. The van der Waals surface area contributed by atoms with E-state index in [2.05, 4.69) is 25.2 Å². The van der Waals surface area contributed by atoms with Crippen molar-refractivity contribution in [2.45, 2.75) is 39.5 Å². The standard InChI is InChI=1S/C15H24N2/c1-11-6-3-4-7-13(11)10-17-15-9-5-8-14(16)12(15)2/h5,8-9,11,13,17H,3-4,6-7,10,16H2,1-2H3. The number of hydrogen-bond acceptors (Lipinski definition) is 2. The van der Waals surface area contributed by atoms with Crippen molar-refractivity contribution in [1.29, 1.82) is 0 Å². The fourth-order valence-electron chi connectivity index (χ4n) is 2.78. The van der Waals surface area contributed by atoms with Crippen LogP contribution in [0.1, 0.15) is 38.2 Å². The molecule has 0 amide bonds. The monoisotopic (exact) mass is 232 g/mol. The topological polar surface area (TPSA) is 38.0 Å². The zero-order valence-corrected chi connectivity index (χ0v) is 11.0. The average molecular weight is 232 g/mol. The van der Waals surface area contributed by atoms with Crippen LogP contribution in [0.15, 0.2) is 18.2 Å². The van der Waals surface area contributed by atoms with Crippen molar-refractivity contribution in [1.82, 2.24) is 0 Å². The lowest BCUT2D eigenvalue weighted by Crippen LogP contribution is -2.24. The molecule has 3 N–H and O–H groups in total. The van der Waals surface area contributed by atoms with E-state index in [1.807, 2.05) is 12.1 Å². The minimum absolute atomic E-state index is 0.824. The fraction of sp³-hybridized carbons (Fsp3) is 0.600. The van der Waals surface area contributed by atoms with E-state index in [4.69, 9.17) is 5.73 Å². The molecule has 2 heteroatoms. The van der Waals surface area contributed by atoms with Gasteiger partial charge in [-0.1, -0.05) is 32.3 Å². The van der Waals surface area contributed by atoms with E-state index in [1.54, 1.807) is 0 Å². The second-order valence-corrected chi connectivity index (χ2v) is 5.42. The zero-order valence-electron chi connectivity index (χ0n) is 11.0. The Morgan fingerprint density at radius 2 is 2.06 bits per heavy atom. The third-order valence-electron chi connectivity index (χ3n) is 4.22. The van der Waals surface area contributed by atoms with Crippen molar-refractivity contribution in [3.8, 4) is 0 Å². The van der Waals surface area contributed by atoms with E-state index in [9.17, 15) is 0 Å². The van der Waals surface area contributed by atoms with Gasteiger partial charge in [0, 0.05) is 17.9 Å². The lowest BCUT2D eigenvalue weighted by Gasteiger charge is -2.29. The quantitative estimate of drug-likeness (QED) is 0.778. The van der Waals surface area contributed by atoms with Gasteiger partial charge in [-0.05, 0) is 42.9 Å². The van der Waals surface area contributed by atoms with Gasteiger partial charge in [0.1, 0.15) is 0 Å². The first-order chi connectivity index (χ1) is 8.18. The summed E-state index contributed by atoms with van der Waals surface area (Å²) in [7, 11) is 0. The van der Waals surface area contributed by atoms with Gasteiger partial charge in [-0.15, -0.1) is 0 Å². The first-order valence-electron chi connectivity index (χ1n) is 6.77. The Labute approximate surface area is 105 Å². The molecule has 1 aromatic carbocycles. The Hall–Kier alpha value is -1.18. The van der Waals surface area contributed by atoms with Gasteiger partial charge >= 0.3 is 0 Å². The van der Waals surface area contributed by atoms with Gasteiger partial charge in [0.05, 0.1) is 0 Å². The summed E-state index contributed by atoms with van der Waals surface area (Å²) < 4.78 is 0. The van der Waals surface area contributed by atoms with Gasteiger partial charge in [-0.25, -0.2) is 0 Å². The molecule has 0 heterocycles. The van der Waals surface area contributed by atoms with Gasteiger partial charge in [-0.2, -0.15) is 0 Å². The molecular formula is C15H24N2. The van der Waals surface area contributed by atoms with E-state index in [0.717, 1.165) is 24.1 Å². The highest BCUT2D eigenvalue weighted by atomic mass is 14.9. The summed E-state index contributed by atoms with van der Waals surface area (Å²) in [6, 6.07) is 6.11. The largest absolute Gasteiger partial charge is 0.398 e. The summed E-state index contributed by atoms with van der Waals surface area (Å²) >= 11 is 0. The molecule has 2 atom stereocenters. The van der Waals surface area contributed by atoms with Crippen LogP contribution in [0.5, 0.6) is 0 Å². The van der Waals surface area contributed by atoms with Crippen LogP contribution in [0.4, 0.5) is 11.4 Å². The molecule has 1 aliphatic rings. The van der Waals surface area contributed by atoms with Gasteiger partial charge in [0.25, 0.3) is 0 Å². The highest BCUT2D eigenvalue weighted by Crippen LogP contribution is 2.30. The van der Waals surface area contributed by atoms with Crippen molar-refractivity contribution in [3.63, 3.8) is 0 Å². The first-order valence-corrected chi connectivity index (χ1v) is 6.77. The Bertz CT molecular complexity index is 373. The Kier molecular flexibility index (Phi) is 3.93. The van der Waals surface area contributed by atoms with Crippen molar-refractivity contribution >= 4 is 11.4 Å². The molecule has 2 unspecified atom stereocenters. The van der Waals surface area contributed by atoms with E-state index in [1.165, 1.54) is 36.9 Å². The van der Waals surface area contributed by atoms with Crippen LogP contribution < -0.4 is 11.1 Å². The van der Waals surface area contributed by atoms with Crippen molar-refractivity contribution < 1.29 is 0 Å². The molecule has 94 valence electrons. The van der Waals surface area contributed by atoms with Crippen molar-refractivity contribution in [2.24, 2.45) is 11.8 Å². The molecule has 0 bridgehead atoms. The molecule has 0 spiro atoms. The number of nitrogen functional groups attached to an aromatic ring is 1. The highest BCUT2D eigenvalue weighted by Gasteiger charge is 2.20. The summed E-state index contributed by atoms with van der Waals surface area (Å²) in [6.07, 6.45) is 5.57. The summed E-state index contributed by atoms with van der Waals surface area (Å²) in [4.78, 5) is 0. The van der Waals surface area contributed by atoms with E-state index >= 15 is 0 Å². The summed E-state index contributed by atoms with van der Waals surface area (Å²) in [6.45, 7) is 5.56. The van der Waals surface area contributed by atoms with Crippen molar-refractivity contribution in [2.75, 3.05) is 17.6 Å². The van der Waals surface area contributed by atoms with E-state index in [-0.39, 0.29) is 0 Å². The number of hydrogen-bond donors (Lipinski definition) is 2. The maximum atomic E-state index is 5.92. The second-order valence-electron chi connectivity index (χ2n) is 5.42. The molecule has 2 nitrogen and oxygen atoms in total. The molecule has 17 heavy (non-hydrogen) atoms. The Balaban J connectivity index is 1.95. The van der Waals surface area contributed by atoms with Gasteiger partial charge in [0.2, 0.25) is 0 Å². The third kappa shape index (κ3) is 2.93. The lowest BCUT2D eigenvalue weighted by atomic mass is 9.80. The average Bonchev–Trinajstić information content (AvgIpc) is 2.33. The predicted octanol–water partition coefficient (Wildman–Crippen LogP) is 3.82. The fourth-order valence-corrected chi connectivity index (χ4v) is 2.78. The highest BCUT2D eigenvalue weighted by molar-refractivity contribution is 5.62. The smallest absolute Gasteiger partial charge is 0.0390 e. The lowest BCUT2D eigenvalue weighted by molar-refractivity contribution is 0.268. The minimum Gasteiger partial charge on any atom is -0.398 e. The van der Waals surface area contributed by atoms with Crippen LogP contribution in [-0.2, 0) is 0 Å². The number of rotatable bonds is 3. The molecule has 2 rings (SSSR count). The molecule has 0 aromatic heterocycles. The van der Waals surface area contributed by atoms with Crippen LogP contribution in [0.25, 0.3) is 0 Å². The maximum absolute atomic E-state index is 5.92. The van der Waals surface area contributed by atoms with Gasteiger partial charge in [0.15, 0.2) is 0 Å². The Morgan fingerprint density at radius 1 is 1.29 bits per heavy atom. The maximum Gasteiger partial charge on any atom is 0.0390 e. The SMILES string of the molecule is Cc1c(N)cccc1NCC1CCCCC1C. The number of benzene rings is 1. The van der Waals surface area contributed by atoms with Crippen LogP contribution >= 0.6 is 0 Å². The Morgan fingerprint density at radius 3 is 2.82 bits per heavy atom. The van der Waals surface area contributed by atoms with Crippen LogP contribution in [0.3, 0.4) is 0 Å². The van der Waals surface area contributed by atoms with Crippen LogP contribution in [0.2, 0.25) is 0 Å². The molecule has 1 fully saturated rings. The van der Waals surface area contributed by atoms with Crippen molar-refractivity contribution in [3.05, 3.63) is 23.8 Å². The molecule has 0 aliphatic heterocycles. The van der Waals surface area contributed by atoms with E-state index in [0.29, 0.717) is 0 Å². The third-order valence-corrected chi connectivity index (χ3v) is 4.22. The molecule has 1 aromatic rings. The normalized spacial score (nSPS) is 24.6. The first kappa shape index (κ1) is 12.3. The molecule has 1 saturated carbocycles. The van der Waals surface area contributed by atoms with Gasteiger partial charge < -0.3 is 11.1 Å². The number of nitrogens with one attached hydrogen (secondary N) is 1. The van der Waals surface area contributed by atoms with E-state index < -0.39 is 0 Å². The van der Waals surface area contributed by atoms with Crippen LogP contribution in [0, 0.1) is 18.8 Å². The minimum atomic E-state index is 0.824. The molecule has 0 saturated heterocycles. The molecule has 1 aliphatic carbocycles.